The van der Waals surface area contributed by atoms with Crippen LogP contribution in [0.15, 0.2) is 35.5 Å². The van der Waals surface area contributed by atoms with E-state index >= 15 is 0 Å². The number of nitrogens with one attached hydrogen (secondary N) is 2. The van der Waals surface area contributed by atoms with Crippen LogP contribution in [-0.4, -0.2) is 11.8 Å². The van der Waals surface area contributed by atoms with E-state index in [1.54, 1.807) is 19.1 Å². The van der Waals surface area contributed by atoms with Crippen LogP contribution < -0.4 is 10.6 Å². The molecule has 0 radical (unpaired) electrons. The van der Waals surface area contributed by atoms with E-state index in [1.807, 2.05) is 0 Å². The summed E-state index contributed by atoms with van der Waals surface area (Å²) in [5, 5.41) is 5.17. The van der Waals surface area contributed by atoms with Crippen LogP contribution in [0.3, 0.4) is 0 Å². The lowest BCUT2D eigenvalue weighted by Gasteiger charge is -2.28. The van der Waals surface area contributed by atoms with Crippen LogP contribution in [0.1, 0.15) is 25.5 Å². The number of urea groups is 1. The molecule has 4 nitrogen and oxygen atoms in total. The number of allylic oxidation sites excluding steroid dienone is 1. The summed E-state index contributed by atoms with van der Waals surface area (Å²) in [5.41, 5.74) is 1.50. The Bertz CT molecular complexity index is 552. The van der Waals surface area contributed by atoms with Crippen LogP contribution in [0.25, 0.3) is 0 Å². The van der Waals surface area contributed by atoms with Gasteiger partial charge in [0.15, 0.2) is 5.78 Å². The van der Waals surface area contributed by atoms with E-state index in [9.17, 15) is 14.0 Å². The van der Waals surface area contributed by atoms with E-state index in [-0.39, 0.29) is 5.78 Å². The number of carbonyl (C=O) groups is 2. The van der Waals surface area contributed by atoms with Crippen molar-refractivity contribution in [3.05, 3.63) is 46.9 Å². The summed E-state index contributed by atoms with van der Waals surface area (Å²) in [6, 6.07) is 4.85. The quantitative estimate of drug-likeness (QED) is 0.841. The van der Waals surface area contributed by atoms with Gasteiger partial charge in [-0.3, -0.25) is 4.79 Å². The lowest BCUT2D eigenvalue weighted by molar-refractivity contribution is -0.114. The predicted molar refractivity (Wildman–Crippen MR) is 64.2 cm³/mol. The lowest BCUT2D eigenvalue weighted by Crippen LogP contribution is -2.44. The fraction of sp³-hybridized carbons (Fsp3) is 0.231. The molecule has 1 aromatic carbocycles. The van der Waals surface area contributed by atoms with Crippen molar-refractivity contribution in [3.8, 4) is 0 Å². The molecule has 1 heterocycles. The highest BCUT2D eigenvalue weighted by Crippen LogP contribution is 2.27. The summed E-state index contributed by atoms with van der Waals surface area (Å²) >= 11 is 0. The Morgan fingerprint density at radius 3 is 2.72 bits per heavy atom. The molecule has 2 amide bonds. The zero-order valence-electron chi connectivity index (χ0n) is 10.1. The second-order valence-electron chi connectivity index (χ2n) is 4.18. The normalized spacial score (nSPS) is 19.3. The number of Topliss-reactive ketones (excluding diaryl/α,β-unsaturated/α-hetero) is 1. The minimum atomic E-state index is -0.605. The van der Waals surface area contributed by atoms with Gasteiger partial charge in [0.25, 0.3) is 0 Å². The first-order chi connectivity index (χ1) is 8.49. The summed E-state index contributed by atoms with van der Waals surface area (Å²) in [4.78, 5) is 23.1. The summed E-state index contributed by atoms with van der Waals surface area (Å²) in [6.45, 7) is 3.08. The van der Waals surface area contributed by atoms with Gasteiger partial charge < -0.3 is 10.6 Å². The molecule has 5 heteroatoms. The minimum absolute atomic E-state index is 0.158. The van der Waals surface area contributed by atoms with Gasteiger partial charge in [-0.2, -0.15) is 0 Å². The van der Waals surface area contributed by atoms with E-state index in [0.717, 1.165) is 0 Å². The highest BCUT2D eigenvalue weighted by atomic mass is 19.1. The number of hydrogen-bond acceptors (Lipinski definition) is 2. The summed E-state index contributed by atoms with van der Waals surface area (Å²) in [7, 11) is 0. The first-order valence-corrected chi connectivity index (χ1v) is 5.53. The van der Waals surface area contributed by atoms with Gasteiger partial charge in [-0.15, -0.1) is 0 Å². The molecule has 18 heavy (non-hydrogen) atoms. The van der Waals surface area contributed by atoms with Crippen LogP contribution in [0.4, 0.5) is 9.18 Å². The van der Waals surface area contributed by atoms with Crippen LogP contribution in [0, 0.1) is 5.82 Å². The van der Waals surface area contributed by atoms with Crippen molar-refractivity contribution in [1.29, 1.82) is 0 Å². The first kappa shape index (κ1) is 12.3. The zero-order chi connectivity index (χ0) is 13.3. The summed E-state index contributed by atoms with van der Waals surface area (Å²) in [6.07, 6.45) is 0. The Kier molecular flexibility index (Phi) is 3.14. The molecule has 0 aliphatic carbocycles. The number of benzene rings is 1. The highest BCUT2D eigenvalue weighted by molar-refractivity contribution is 5.98. The average Bonchev–Trinajstić information content (AvgIpc) is 2.27. The van der Waals surface area contributed by atoms with Crippen molar-refractivity contribution in [2.24, 2.45) is 0 Å². The van der Waals surface area contributed by atoms with Crippen LogP contribution in [0.2, 0.25) is 0 Å². The molecular formula is C13H13FN2O2. The molecule has 1 atom stereocenters. The summed E-state index contributed by atoms with van der Waals surface area (Å²) in [5.74, 6) is -0.560. The Morgan fingerprint density at radius 1 is 1.39 bits per heavy atom. The largest absolute Gasteiger partial charge is 0.327 e. The van der Waals surface area contributed by atoms with Gasteiger partial charge in [-0.1, -0.05) is 12.1 Å². The Balaban J connectivity index is 2.50. The monoisotopic (exact) mass is 248 g/mol. The number of ketones is 1. The average molecular weight is 248 g/mol. The third-order valence-electron chi connectivity index (χ3n) is 2.83. The minimum Gasteiger partial charge on any atom is -0.327 e. The Labute approximate surface area is 104 Å². The van der Waals surface area contributed by atoms with Gasteiger partial charge in [0.05, 0.1) is 6.04 Å². The highest BCUT2D eigenvalue weighted by Gasteiger charge is 2.29. The molecule has 0 saturated carbocycles. The maximum absolute atomic E-state index is 13.2. The third kappa shape index (κ3) is 2.25. The topological polar surface area (TPSA) is 58.2 Å². The number of hydrogen-bond donors (Lipinski definition) is 2. The third-order valence-corrected chi connectivity index (χ3v) is 2.83. The van der Waals surface area contributed by atoms with Crippen molar-refractivity contribution in [2.45, 2.75) is 19.9 Å². The number of rotatable bonds is 2. The van der Waals surface area contributed by atoms with E-state index < -0.39 is 17.9 Å². The molecule has 0 spiro atoms. The van der Waals surface area contributed by atoms with Crippen LogP contribution in [-0.2, 0) is 4.79 Å². The van der Waals surface area contributed by atoms with Gasteiger partial charge in [0, 0.05) is 11.3 Å². The maximum Gasteiger partial charge on any atom is 0.319 e. The fourth-order valence-electron chi connectivity index (χ4n) is 2.10. The first-order valence-electron chi connectivity index (χ1n) is 5.53. The zero-order valence-corrected chi connectivity index (χ0v) is 10.1. The molecule has 2 N–H and O–H groups in total. The van der Waals surface area contributed by atoms with Gasteiger partial charge in [0.1, 0.15) is 5.82 Å². The van der Waals surface area contributed by atoms with Gasteiger partial charge in [-0.25, -0.2) is 9.18 Å². The molecule has 1 unspecified atom stereocenters. The van der Waals surface area contributed by atoms with Crippen molar-refractivity contribution in [2.75, 3.05) is 0 Å². The molecule has 0 aromatic heterocycles. The second-order valence-corrected chi connectivity index (χ2v) is 4.18. The molecule has 0 fully saturated rings. The SMILES string of the molecule is CC(=O)C1=C(C)NC(=O)NC1c1cccc(F)c1. The van der Waals surface area contributed by atoms with Crippen molar-refractivity contribution in [1.82, 2.24) is 10.6 Å². The van der Waals surface area contributed by atoms with Gasteiger partial charge >= 0.3 is 6.03 Å². The standard InChI is InChI=1S/C13H13FN2O2/c1-7-11(8(2)17)12(16-13(18)15-7)9-4-3-5-10(14)6-9/h3-6,12H,1-2H3,(H2,15,16,18). The molecule has 1 aliphatic heterocycles. The number of amides is 2. The molecule has 0 bridgehead atoms. The fourth-order valence-corrected chi connectivity index (χ4v) is 2.10. The summed E-state index contributed by atoms with van der Waals surface area (Å²) < 4.78 is 13.2. The Morgan fingerprint density at radius 2 is 2.11 bits per heavy atom. The van der Waals surface area contributed by atoms with Crippen molar-refractivity contribution >= 4 is 11.8 Å². The maximum atomic E-state index is 13.2. The van der Waals surface area contributed by atoms with Crippen molar-refractivity contribution in [3.63, 3.8) is 0 Å². The molecule has 94 valence electrons. The lowest BCUT2D eigenvalue weighted by atomic mass is 9.93. The molecule has 1 aromatic rings. The van der Waals surface area contributed by atoms with Gasteiger partial charge in [-0.05, 0) is 31.5 Å². The van der Waals surface area contributed by atoms with Crippen LogP contribution in [0.5, 0.6) is 0 Å². The van der Waals surface area contributed by atoms with E-state index in [4.69, 9.17) is 0 Å². The van der Waals surface area contributed by atoms with Gasteiger partial charge in [0.2, 0.25) is 0 Å². The molecule has 1 aliphatic rings. The Hall–Kier alpha value is -2.17. The number of halogens is 1. The smallest absolute Gasteiger partial charge is 0.319 e. The predicted octanol–water partition coefficient (Wildman–Crippen LogP) is 2.04. The van der Waals surface area contributed by atoms with Crippen molar-refractivity contribution < 1.29 is 14.0 Å². The van der Waals surface area contributed by atoms with E-state index in [1.165, 1.54) is 19.1 Å². The number of carbonyl (C=O) groups excluding carboxylic acids is 2. The molecule has 2 rings (SSSR count). The second kappa shape index (κ2) is 4.60. The molecule has 0 saturated heterocycles. The molecular weight excluding hydrogens is 235 g/mol. The van der Waals surface area contributed by atoms with Crippen LogP contribution >= 0.6 is 0 Å². The van der Waals surface area contributed by atoms with E-state index in [0.29, 0.717) is 16.8 Å². The van der Waals surface area contributed by atoms with E-state index in [2.05, 4.69) is 10.6 Å².